The highest BCUT2D eigenvalue weighted by Crippen LogP contribution is 2.35. The zero-order valence-corrected chi connectivity index (χ0v) is 18.3. The van der Waals surface area contributed by atoms with E-state index in [1.165, 1.54) is 26.4 Å². The maximum Gasteiger partial charge on any atom is 0.286 e. The molecule has 0 bridgehead atoms. The van der Waals surface area contributed by atoms with Crippen LogP contribution in [0.5, 0.6) is 11.5 Å². The molecule has 31 heavy (non-hydrogen) atoms. The summed E-state index contributed by atoms with van der Waals surface area (Å²) in [7, 11) is 2.90. The fourth-order valence-corrected chi connectivity index (χ4v) is 3.08. The summed E-state index contributed by atoms with van der Waals surface area (Å²) in [4.78, 5) is 24.0. The van der Waals surface area contributed by atoms with Gasteiger partial charge in [0.05, 0.1) is 46.8 Å². The minimum Gasteiger partial charge on any atom is -0.493 e. The highest BCUT2D eigenvalue weighted by Gasteiger charge is 2.25. The van der Waals surface area contributed by atoms with Gasteiger partial charge in [-0.25, -0.2) is 4.68 Å². The SMILES string of the molecule is COCCOc1cc([N+](=O)[O-])c(C(=O)Nc2ccccc2-n2cc(Br)cn2)cc1OC. The van der Waals surface area contributed by atoms with Crippen molar-refractivity contribution in [1.82, 2.24) is 9.78 Å². The van der Waals surface area contributed by atoms with E-state index < -0.39 is 16.5 Å². The first-order valence-electron chi connectivity index (χ1n) is 9.03. The van der Waals surface area contributed by atoms with Crippen LogP contribution >= 0.6 is 15.9 Å². The lowest BCUT2D eigenvalue weighted by molar-refractivity contribution is -0.385. The smallest absolute Gasteiger partial charge is 0.286 e. The maximum atomic E-state index is 13.0. The molecule has 162 valence electrons. The van der Waals surface area contributed by atoms with E-state index in [1.54, 1.807) is 41.3 Å². The number of methoxy groups -OCH3 is 2. The quantitative estimate of drug-likeness (QED) is 0.275. The number of carbonyl (C=O) groups is 1. The third kappa shape index (κ3) is 5.19. The first-order valence-corrected chi connectivity index (χ1v) is 9.83. The van der Waals surface area contributed by atoms with Crippen molar-refractivity contribution in [3.8, 4) is 17.2 Å². The van der Waals surface area contributed by atoms with Gasteiger partial charge < -0.3 is 19.5 Å². The fraction of sp³-hybridized carbons (Fsp3) is 0.200. The van der Waals surface area contributed by atoms with E-state index in [4.69, 9.17) is 14.2 Å². The molecule has 3 aromatic rings. The molecule has 0 spiro atoms. The Morgan fingerprint density at radius 3 is 2.65 bits per heavy atom. The fourth-order valence-electron chi connectivity index (χ4n) is 2.79. The molecular formula is C20H19BrN4O6. The highest BCUT2D eigenvalue weighted by molar-refractivity contribution is 9.10. The van der Waals surface area contributed by atoms with Crippen molar-refractivity contribution in [2.45, 2.75) is 0 Å². The Morgan fingerprint density at radius 1 is 1.23 bits per heavy atom. The van der Waals surface area contributed by atoms with Gasteiger partial charge in [-0.3, -0.25) is 14.9 Å². The maximum absolute atomic E-state index is 13.0. The second kappa shape index (κ2) is 10.0. The first-order chi connectivity index (χ1) is 14.9. The van der Waals surface area contributed by atoms with Crippen LogP contribution in [0.4, 0.5) is 11.4 Å². The second-order valence-corrected chi connectivity index (χ2v) is 7.11. The third-order valence-corrected chi connectivity index (χ3v) is 4.63. The Kier molecular flexibility index (Phi) is 7.21. The van der Waals surface area contributed by atoms with Gasteiger partial charge in [-0.2, -0.15) is 5.10 Å². The van der Waals surface area contributed by atoms with Gasteiger partial charge in [0.25, 0.3) is 11.6 Å². The lowest BCUT2D eigenvalue weighted by Gasteiger charge is -2.14. The Balaban J connectivity index is 1.96. The van der Waals surface area contributed by atoms with Gasteiger partial charge in [0.15, 0.2) is 11.5 Å². The summed E-state index contributed by atoms with van der Waals surface area (Å²) in [5, 5.41) is 18.6. The highest BCUT2D eigenvalue weighted by atomic mass is 79.9. The number of benzene rings is 2. The summed E-state index contributed by atoms with van der Waals surface area (Å²) in [6, 6.07) is 9.41. The van der Waals surface area contributed by atoms with E-state index in [9.17, 15) is 14.9 Å². The Labute approximate surface area is 186 Å². The number of carbonyl (C=O) groups excluding carboxylic acids is 1. The predicted molar refractivity (Wildman–Crippen MR) is 116 cm³/mol. The van der Waals surface area contributed by atoms with Gasteiger partial charge in [-0.1, -0.05) is 12.1 Å². The molecule has 0 aliphatic carbocycles. The van der Waals surface area contributed by atoms with Crippen LogP contribution in [0.25, 0.3) is 5.69 Å². The number of nitro groups is 1. The molecule has 0 saturated heterocycles. The minimum absolute atomic E-state index is 0.143. The number of aromatic nitrogens is 2. The van der Waals surface area contributed by atoms with Crippen LogP contribution in [-0.2, 0) is 4.74 Å². The van der Waals surface area contributed by atoms with Gasteiger partial charge in [0.1, 0.15) is 12.2 Å². The number of anilines is 1. The van der Waals surface area contributed by atoms with Gasteiger partial charge in [-0.05, 0) is 28.1 Å². The van der Waals surface area contributed by atoms with Crippen LogP contribution in [0.2, 0.25) is 0 Å². The van der Waals surface area contributed by atoms with Crippen LogP contribution in [0.1, 0.15) is 10.4 Å². The number of amides is 1. The molecule has 3 rings (SSSR count). The molecule has 11 heteroatoms. The predicted octanol–water partition coefficient (Wildman–Crippen LogP) is 3.83. The molecule has 1 aromatic heterocycles. The van der Waals surface area contributed by atoms with Crippen LogP contribution < -0.4 is 14.8 Å². The lowest BCUT2D eigenvalue weighted by Crippen LogP contribution is -2.16. The number of hydrogen-bond donors (Lipinski definition) is 1. The number of nitro benzene ring substituents is 1. The lowest BCUT2D eigenvalue weighted by atomic mass is 10.1. The molecule has 1 amide bonds. The Hall–Kier alpha value is -3.44. The molecule has 0 aliphatic rings. The molecule has 0 unspecified atom stereocenters. The Morgan fingerprint density at radius 2 is 2.00 bits per heavy atom. The summed E-state index contributed by atoms with van der Waals surface area (Å²) in [5.74, 6) is -0.340. The number of rotatable bonds is 9. The molecule has 0 radical (unpaired) electrons. The van der Waals surface area contributed by atoms with E-state index in [0.29, 0.717) is 18.0 Å². The third-order valence-electron chi connectivity index (χ3n) is 4.22. The Bertz CT molecular complexity index is 1100. The zero-order chi connectivity index (χ0) is 22.4. The number of hydrogen-bond acceptors (Lipinski definition) is 7. The number of nitrogens with zero attached hydrogens (tertiary/aromatic N) is 3. The first kappa shape index (κ1) is 22.2. The van der Waals surface area contributed by atoms with E-state index in [0.717, 1.165) is 4.47 Å². The van der Waals surface area contributed by atoms with E-state index in [2.05, 4.69) is 26.3 Å². The minimum atomic E-state index is -0.674. The molecule has 1 heterocycles. The van der Waals surface area contributed by atoms with Crippen molar-refractivity contribution in [2.24, 2.45) is 0 Å². The summed E-state index contributed by atoms with van der Waals surface area (Å²) in [6.07, 6.45) is 3.33. The van der Waals surface area contributed by atoms with Gasteiger partial charge >= 0.3 is 0 Å². The van der Waals surface area contributed by atoms with E-state index >= 15 is 0 Å². The molecule has 10 nitrogen and oxygen atoms in total. The molecule has 0 aliphatic heterocycles. The number of para-hydroxylation sites is 2. The molecule has 0 atom stereocenters. The largest absolute Gasteiger partial charge is 0.493 e. The standard InChI is InChI=1S/C20H19BrN4O6/c1-29-7-8-31-19-10-17(25(27)28)14(9-18(19)30-2)20(26)23-15-5-3-4-6-16(15)24-12-13(21)11-22-24/h3-6,9-12H,7-8H2,1-2H3,(H,23,26). The van der Waals surface area contributed by atoms with Crippen molar-refractivity contribution in [2.75, 3.05) is 32.8 Å². The van der Waals surface area contributed by atoms with Gasteiger partial charge in [0.2, 0.25) is 0 Å². The summed E-state index contributed by atoms with van der Waals surface area (Å²) in [6.45, 7) is 0.460. The molecule has 2 aromatic carbocycles. The van der Waals surface area contributed by atoms with Crippen LogP contribution in [0, 0.1) is 10.1 Å². The van der Waals surface area contributed by atoms with Crippen LogP contribution in [0.15, 0.2) is 53.3 Å². The van der Waals surface area contributed by atoms with Crippen molar-refractivity contribution >= 4 is 33.2 Å². The van der Waals surface area contributed by atoms with Crippen molar-refractivity contribution in [1.29, 1.82) is 0 Å². The molecular weight excluding hydrogens is 472 g/mol. The van der Waals surface area contributed by atoms with Crippen molar-refractivity contribution < 1.29 is 23.9 Å². The van der Waals surface area contributed by atoms with Crippen molar-refractivity contribution in [3.05, 3.63) is 68.9 Å². The zero-order valence-electron chi connectivity index (χ0n) is 16.7. The average molecular weight is 491 g/mol. The van der Waals surface area contributed by atoms with Crippen LogP contribution in [-0.4, -0.2) is 48.0 Å². The number of halogens is 1. The number of ether oxygens (including phenoxy) is 3. The summed E-state index contributed by atoms with van der Waals surface area (Å²) >= 11 is 3.33. The van der Waals surface area contributed by atoms with Gasteiger partial charge in [-0.15, -0.1) is 0 Å². The van der Waals surface area contributed by atoms with E-state index in [-0.39, 0.29) is 23.7 Å². The molecule has 1 N–H and O–H groups in total. The van der Waals surface area contributed by atoms with E-state index in [1.807, 2.05) is 0 Å². The summed E-state index contributed by atoms with van der Waals surface area (Å²) in [5.41, 5.74) is 0.440. The van der Waals surface area contributed by atoms with Crippen molar-refractivity contribution in [3.63, 3.8) is 0 Å². The number of nitrogens with one attached hydrogen (secondary N) is 1. The van der Waals surface area contributed by atoms with Crippen LogP contribution in [0.3, 0.4) is 0 Å². The monoisotopic (exact) mass is 490 g/mol. The van der Waals surface area contributed by atoms with Gasteiger partial charge in [0, 0.05) is 19.4 Å². The molecule has 0 saturated carbocycles. The normalized spacial score (nSPS) is 10.5. The summed E-state index contributed by atoms with van der Waals surface area (Å²) < 4.78 is 18.0. The average Bonchev–Trinajstić information content (AvgIpc) is 3.19. The second-order valence-electron chi connectivity index (χ2n) is 6.19. The topological polar surface area (TPSA) is 118 Å². The molecule has 0 fully saturated rings.